The van der Waals surface area contributed by atoms with E-state index in [1.165, 1.54) is 32.1 Å². The lowest BCUT2D eigenvalue weighted by Gasteiger charge is -2.38. The number of nitrogens with one attached hydrogen (secondary N) is 1. The molecule has 1 amide bonds. The fourth-order valence-electron chi connectivity index (χ4n) is 3.49. The minimum absolute atomic E-state index is 0.261. The van der Waals surface area contributed by atoms with Gasteiger partial charge in [-0.3, -0.25) is 4.79 Å². The Morgan fingerprint density at radius 2 is 1.88 bits per heavy atom. The molecule has 2 saturated carbocycles. The van der Waals surface area contributed by atoms with Crippen LogP contribution in [0.1, 0.15) is 51.9 Å². The number of fused-ring (bicyclic) bond motifs is 1. The summed E-state index contributed by atoms with van der Waals surface area (Å²) in [6.07, 6.45) is 9.06. The van der Waals surface area contributed by atoms with E-state index in [9.17, 15) is 4.79 Å². The molecule has 2 nitrogen and oxygen atoms in total. The summed E-state index contributed by atoms with van der Waals surface area (Å²) >= 11 is 0. The van der Waals surface area contributed by atoms with Crippen LogP contribution in [0.3, 0.4) is 0 Å². The predicted molar refractivity (Wildman–Crippen MR) is 70.6 cm³/mol. The van der Waals surface area contributed by atoms with Gasteiger partial charge in [-0.2, -0.15) is 0 Å². The van der Waals surface area contributed by atoms with Gasteiger partial charge in [-0.05, 0) is 38.0 Å². The number of hydrogen-bond donors (Lipinski definition) is 1. The lowest BCUT2D eigenvalue weighted by molar-refractivity contribution is -0.127. The summed E-state index contributed by atoms with van der Waals surface area (Å²) in [7, 11) is 0. The highest BCUT2D eigenvalue weighted by molar-refractivity contribution is 5.78. The molecule has 0 bridgehead atoms. The first-order valence-electron chi connectivity index (χ1n) is 7.09. The summed E-state index contributed by atoms with van der Waals surface area (Å²) in [6, 6.07) is 0. The van der Waals surface area contributed by atoms with Crippen molar-refractivity contribution in [1.82, 2.24) is 5.32 Å². The van der Waals surface area contributed by atoms with Crippen LogP contribution in [-0.2, 0) is 4.79 Å². The molecule has 0 aromatic carbocycles. The molecule has 96 valence electrons. The van der Waals surface area contributed by atoms with Gasteiger partial charge in [0.1, 0.15) is 0 Å². The van der Waals surface area contributed by atoms with E-state index in [1.807, 2.05) is 6.92 Å². The molecule has 2 aliphatic rings. The van der Waals surface area contributed by atoms with Crippen LogP contribution in [-0.4, -0.2) is 12.5 Å². The summed E-state index contributed by atoms with van der Waals surface area (Å²) in [4.78, 5) is 12.0. The van der Waals surface area contributed by atoms with Crippen LogP contribution >= 0.6 is 0 Å². The smallest absolute Gasteiger partial charge is 0.223 e. The van der Waals surface area contributed by atoms with Gasteiger partial charge in [0.15, 0.2) is 0 Å². The maximum Gasteiger partial charge on any atom is 0.223 e. The Hall–Kier alpha value is -0.790. The molecule has 0 aromatic rings. The maximum atomic E-state index is 12.0. The van der Waals surface area contributed by atoms with Crippen molar-refractivity contribution in [2.75, 3.05) is 6.54 Å². The van der Waals surface area contributed by atoms with E-state index >= 15 is 0 Å². The molecule has 3 atom stereocenters. The molecular formula is C15H25NO. The largest absolute Gasteiger partial charge is 0.352 e. The van der Waals surface area contributed by atoms with Crippen LogP contribution < -0.4 is 5.32 Å². The van der Waals surface area contributed by atoms with Gasteiger partial charge in [0.2, 0.25) is 5.91 Å². The van der Waals surface area contributed by atoms with E-state index in [4.69, 9.17) is 0 Å². The van der Waals surface area contributed by atoms with E-state index in [-0.39, 0.29) is 11.8 Å². The van der Waals surface area contributed by atoms with Crippen molar-refractivity contribution in [1.29, 1.82) is 0 Å². The zero-order valence-corrected chi connectivity index (χ0v) is 11.0. The summed E-state index contributed by atoms with van der Waals surface area (Å²) in [5, 5.41) is 3.01. The highest BCUT2D eigenvalue weighted by Crippen LogP contribution is 2.42. The van der Waals surface area contributed by atoms with Gasteiger partial charge in [0.25, 0.3) is 0 Å². The van der Waals surface area contributed by atoms with Crippen LogP contribution in [0, 0.1) is 17.8 Å². The first-order chi connectivity index (χ1) is 8.16. The van der Waals surface area contributed by atoms with Crippen LogP contribution in [0.25, 0.3) is 0 Å². The summed E-state index contributed by atoms with van der Waals surface area (Å²) < 4.78 is 0. The van der Waals surface area contributed by atoms with E-state index in [2.05, 4.69) is 11.9 Å². The molecule has 1 N–H and O–H groups in total. The third-order valence-corrected chi connectivity index (χ3v) is 4.47. The summed E-state index contributed by atoms with van der Waals surface area (Å²) in [6.45, 7) is 6.42. The zero-order chi connectivity index (χ0) is 12.3. The Labute approximate surface area is 105 Å². The second-order valence-corrected chi connectivity index (χ2v) is 5.99. The predicted octanol–water partition coefficient (Wildman–Crippen LogP) is 3.29. The van der Waals surface area contributed by atoms with E-state index in [1.54, 1.807) is 0 Å². The number of carbonyl (C=O) groups excluding carboxylic acids is 1. The van der Waals surface area contributed by atoms with Gasteiger partial charge < -0.3 is 5.32 Å². The Balaban J connectivity index is 1.82. The van der Waals surface area contributed by atoms with Crippen molar-refractivity contribution >= 4 is 5.91 Å². The van der Waals surface area contributed by atoms with Gasteiger partial charge in [-0.1, -0.05) is 37.8 Å². The highest BCUT2D eigenvalue weighted by atomic mass is 16.1. The molecular weight excluding hydrogens is 210 g/mol. The molecule has 2 aliphatic carbocycles. The minimum Gasteiger partial charge on any atom is -0.352 e. The third kappa shape index (κ3) is 3.34. The normalized spacial score (nSPS) is 32.6. The fraction of sp³-hybridized carbons (Fsp3) is 0.800. The third-order valence-electron chi connectivity index (χ3n) is 4.47. The number of hydrogen-bond acceptors (Lipinski definition) is 1. The first kappa shape index (κ1) is 12.7. The number of amides is 1. The molecule has 0 heterocycles. The molecule has 0 aliphatic heterocycles. The topological polar surface area (TPSA) is 29.1 Å². The van der Waals surface area contributed by atoms with Gasteiger partial charge in [0, 0.05) is 12.5 Å². The van der Waals surface area contributed by atoms with Crippen molar-refractivity contribution < 1.29 is 4.79 Å². The van der Waals surface area contributed by atoms with Crippen molar-refractivity contribution in [2.45, 2.75) is 51.9 Å². The van der Waals surface area contributed by atoms with Crippen molar-refractivity contribution in [2.24, 2.45) is 17.8 Å². The monoisotopic (exact) mass is 235 g/mol. The van der Waals surface area contributed by atoms with Crippen molar-refractivity contribution in [3.8, 4) is 0 Å². The van der Waals surface area contributed by atoms with Crippen LogP contribution in [0.4, 0.5) is 0 Å². The van der Waals surface area contributed by atoms with Gasteiger partial charge in [-0.15, -0.1) is 0 Å². The van der Waals surface area contributed by atoms with Crippen LogP contribution in [0.5, 0.6) is 0 Å². The average molecular weight is 235 g/mol. The molecule has 0 saturated heterocycles. The van der Waals surface area contributed by atoms with E-state index in [0.29, 0.717) is 6.54 Å². The van der Waals surface area contributed by atoms with Crippen LogP contribution in [0.15, 0.2) is 12.2 Å². The highest BCUT2D eigenvalue weighted by Gasteiger charge is 2.34. The minimum atomic E-state index is 0.261. The SMILES string of the molecule is C=C(C)CNC(=O)C1CCC2CCCCC2C1. The second-order valence-electron chi connectivity index (χ2n) is 5.99. The van der Waals surface area contributed by atoms with Crippen molar-refractivity contribution in [3.05, 3.63) is 12.2 Å². The number of rotatable bonds is 3. The molecule has 2 fully saturated rings. The maximum absolute atomic E-state index is 12.0. The Kier molecular flexibility index (Phi) is 4.25. The Morgan fingerprint density at radius 3 is 2.59 bits per heavy atom. The fourth-order valence-corrected chi connectivity index (χ4v) is 3.49. The molecule has 0 aromatic heterocycles. The molecule has 2 rings (SSSR count). The molecule has 3 unspecified atom stereocenters. The molecule has 17 heavy (non-hydrogen) atoms. The second kappa shape index (κ2) is 5.70. The molecule has 0 radical (unpaired) electrons. The van der Waals surface area contributed by atoms with Gasteiger partial charge >= 0.3 is 0 Å². The summed E-state index contributed by atoms with van der Waals surface area (Å²) in [5.74, 6) is 2.29. The zero-order valence-electron chi connectivity index (χ0n) is 11.0. The molecule has 2 heteroatoms. The lowest BCUT2D eigenvalue weighted by Crippen LogP contribution is -2.37. The quantitative estimate of drug-likeness (QED) is 0.747. The lowest BCUT2D eigenvalue weighted by atomic mass is 9.67. The van der Waals surface area contributed by atoms with E-state index < -0.39 is 0 Å². The van der Waals surface area contributed by atoms with Gasteiger partial charge in [-0.25, -0.2) is 0 Å². The Bertz CT molecular complexity index is 297. The first-order valence-corrected chi connectivity index (χ1v) is 7.09. The van der Waals surface area contributed by atoms with Crippen molar-refractivity contribution in [3.63, 3.8) is 0 Å². The summed E-state index contributed by atoms with van der Waals surface area (Å²) in [5.41, 5.74) is 1.03. The van der Waals surface area contributed by atoms with Gasteiger partial charge in [0.05, 0.1) is 0 Å². The standard InChI is InChI=1S/C15H25NO/c1-11(2)10-16-15(17)14-8-7-12-5-3-4-6-13(12)9-14/h12-14H,1,3-10H2,2H3,(H,16,17). The van der Waals surface area contributed by atoms with E-state index in [0.717, 1.165) is 30.3 Å². The molecule has 0 spiro atoms. The average Bonchev–Trinajstić information content (AvgIpc) is 2.35. The Morgan fingerprint density at radius 1 is 1.18 bits per heavy atom. The number of carbonyl (C=O) groups is 1. The van der Waals surface area contributed by atoms with Crippen LogP contribution in [0.2, 0.25) is 0 Å².